The molecule has 2 heterocycles. The van der Waals surface area contributed by atoms with Crippen molar-refractivity contribution in [3.63, 3.8) is 0 Å². The molecule has 2 amide bonds. The Bertz CT molecular complexity index is 1120. The summed E-state index contributed by atoms with van der Waals surface area (Å²) in [7, 11) is -3.67. The van der Waals surface area contributed by atoms with E-state index in [0.29, 0.717) is 13.0 Å². The van der Waals surface area contributed by atoms with Crippen LogP contribution >= 0.6 is 0 Å². The number of likely N-dealkylation sites (tertiary alicyclic amines) is 1. The molecule has 0 unspecified atom stereocenters. The quantitative estimate of drug-likeness (QED) is 0.696. The molecule has 0 radical (unpaired) electrons. The molecule has 32 heavy (non-hydrogen) atoms. The van der Waals surface area contributed by atoms with E-state index in [1.54, 1.807) is 23.1 Å². The Morgan fingerprint density at radius 1 is 0.969 bits per heavy atom. The highest BCUT2D eigenvalue weighted by atomic mass is 32.2. The van der Waals surface area contributed by atoms with Crippen LogP contribution in [-0.4, -0.2) is 44.8 Å². The van der Waals surface area contributed by atoms with E-state index < -0.39 is 10.0 Å². The molecule has 1 N–H and O–H groups in total. The van der Waals surface area contributed by atoms with E-state index in [0.717, 1.165) is 48.3 Å². The Morgan fingerprint density at radius 3 is 2.44 bits per heavy atom. The van der Waals surface area contributed by atoms with Gasteiger partial charge in [0, 0.05) is 44.7 Å². The van der Waals surface area contributed by atoms with Gasteiger partial charge in [-0.15, -0.1) is 0 Å². The van der Waals surface area contributed by atoms with Crippen LogP contribution in [0.15, 0.2) is 47.4 Å². The van der Waals surface area contributed by atoms with Gasteiger partial charge in [-0.05, 0) is 61.1 Å². The van der Waals surface area contributed by atoms with Gasteiger partial charge in [-0.1, -0.05) is 24.3 Å². The van der Waals surface area contributed by atoms with Gasteiger partial charge in [-0.3, -0.25) is 9.59 Å². The van der Waals surface area contributed by atoms with Gasteiger partial charge in [0.15, 0.2) is 0 Å². The number of rotatable bonds is 7. The maximum atomic E-state index is 12.8. The number of nitrogens with one attached hydrogen (secondary N) is 1. The summed E-state index contributed by atoms with van der Waals surface area (Å²) < 4.78 is 28.3. The van der Waals surface area contributed by atoms with Crippen LogP contribution in [0.4, 0.5) is 5.69 Å². The second-order valence-corrected chi connectivity index (χ2v) is 10.2. The summed E-state index contributed by atoms with van der Waals surface area (Å²) >= 11 is 0. The van der Waals surface area contributed by atoms with Crippen LogP contribution in [0.25, 0.3) is 0 Å². The van der Waals surface area contributed by atoms with Crippen LogP contribution in [0, 0.1) is 6.92 Å². The summed E-state index contributed by atoms with van der Waals surface area (Å²) in [6, 6.07) is 12.5. The monoisotopic (exact) mass is 455 g/mol. The lowest BCUT2D eigenvalue weighted by atomic mass is 10.1. The van der Waals surface area contributed by atoms with Gasteiger partial charge in [-0.25, -0.2) is 13.1 Å². The number of benzene rings is 2. The third-order valence-electron chi connectivity index (χ3n) is 6.28. The minimum atomic E-state index is -3.67. The molecule has 1 saturated heterocycles. The number of sulfonamides is 1. The van der Waals surface area contributed by atoms with Crippen LogP contribution in [0.1, 0.15) is 42.4 Å². The number of hydrogen-bond acceptors (Lipinski definition) is 4. The molecule has 8 heteroatoms. The Labute approximate surface area is 189 Å². The predicted molar refractivity (Wildman–Crippen MR) is 123 cm³/mol. The number of anilines is 1. The Kier molecular flexibility index (Phi) is 6.62. The molecule has 7 nitrogen and oxygen atoms in total. The first-order valence-corrected chi connectivity index (χ1v) is 12.6. The van der Waals surface area contributed by atoms with Crippen LogP contribution < -0.4 is 9.62 Å². The zero-order chi connectivity index (χ0) is 22.7. The molecule has 1 fully saturated rings. The van der Waals surface area contributed by atoms with Gasteiger partial charge in [0.2, 0.25) is 21.8 Å². The summed E-state index contributed by atoms with van der Waals surface area (Å²) in [4.78, 5) is 28.7. The minimum absolute atomic E-state index is 0.0384. The van der Waals surface area contributed by atoms with E-state index in [-0.39, 0.29) is 36.1 Å². The van der Waals surface area contributed by atoms with E-state index in [1.807, 2.05) is 36.1 Å². The van der Waals surface area contributed by atoms with E-state index in [1.165, 1.54) is 0 Å². The van der Waals surface area contributed by atoms with Crippen LogP contribution in [0.5, 0.6) is 0 Å². The van der Waals surface area contributed by atoms with E-state index in [2.05, 4.69) is 4.72 Å². The first-order chi connectivity index (χ1) is 15.3. The summed E-state index contributed by atoms with van der Waals surface area (Å²) in [5.74, 6) is -0.0546. The maximum Gasteiger partial charge on any atom is 0.240 e. The summed E-state index contributed by atoms with van der Waals surface area (Å²) in [5, 5.41) is 0. The smallest absolute Gasteiger partial charge is 0.240 e. The molecule has 0 aromatic heterocycles. The van der Waals surface area contributed by atoms with E-state index >= 15 is 0 Å². The number of carbonyl (C=O) groups excluding carboxylic acids is 2. The average molecular weight is 456 g/mol. The third kappa shape index (κ3) is 4.86. The largest absolute Gasteiger partial charge is 0.343 e. The fraction of sp³-hybridized carbons (Fsp3) is 0.417. The Morgan fingerprint density at radius 2 is 1.69 bits per heavy atom. The number of amides is 2. The number of fused-ring (bicyclic) bond motifs is 1. The highest BCUT2D eigenvalue weighted by molar-refractivity contribution is 7.89. The molecule has 2 aromatic carbocycles. The third-order valence-corrected chi connectivity index (χ3v) is 7.68. The highest BCUT2D eigenvalue weighted by Gasteiger charge is 2.27. The molecule has 0 atom stereocenters. The first kappa shape index (κ1) is 22.5. The maximum absolute atomic E-state index is 12.8. The Balaban J connectivity index is 1.39. The lowest BCUT2D eigenvalue weighted by molar-refractivity contribution is -0.132. The van der Waals surface area contributed by atoms with Gasteiger partial charge in [0.05, 0.1) is 4.90 Å². The normalized spacial score (nSPS) is 15.8. The molecule has 170 valence electrons. The molecule has 2 aliphatic heterocycles. The zero-order valence-electron chi connectivity index (χ0n) is 18.3. The van der Waals surface area contributed by atoms with Crippen molar-refractivity contribution in [2.24, 2.45) is 0 Å². The second-order valence-electron chi connectivity index (χ2n) is 8.42. The fourth-order valence-electron chi connectivity index (χ4n) is 4.34. The van der Waals surface area contributed by atoms with Crippen LogP contribution in [-0.2, 0) is 32.6 Å². The van der Waals surface area contributed by atoms with Crippen molar-refractivity contribution in [1.82, 2.24) is 9.62 Å². The molecule has 0 aliphatic carbocycles. The molecule has 2 aliphatic rings. The second kappa shape index (κ2) is 9.42. The topological polar surface area (TPSA) is 86.8 Å². The lowest BCUT2D eigenvalue weighted by Crippen LogP contribution is -2.32. The highest BCUT2D eigenvalue weighted by Crippen LogP contribution is 2.31. The van der Waals surface area contributed by atoms with Crippen LogP contribution in [0.3, 0.4) is 0 Å². The van der Waals surface area contributed by atoms with Crippen molar-refractivity contribution < 1.29 is 18.0 Å². The zero-order valence-corrected chi connectivity index (χ0v) is 19.2. The summed E-state index contributed by atoms with van der Waals surface area (Å²) in [6.45, 7) is 4.25. The van der Waals surface area contributed by atoms with E-state index in [9.17, 15) is 18.0 Å². The average Bonchev–Trinajstić information content (AvgIpc) is 3.46. The molecule has 2 aromatic rings. The van der Waals surface area contributed by atoms with Crippen molar-refractivity contribution >= 4 is 27.5 Å². The molecule has 4 rings (SSSR count). The van der Waals surface area contributed by atoms with Crippen molar-refractivity contribution in [2.75, 3.05) is 24.5 Å². The van der Waals surface area contributed by atoms with Gasteiger partial charge < -0.3 is 9.80 Å². The molecule has 0 spiro atoms. The van der Waals surface area contributed by atoms with Crippen LogP contribution in [0.2, 0.25) is 0 Å². The van der Waals surface area contributed by atoms with E-state index in [4.69, 9.17) is 0 Å². The lowest BCUT2D eigenvalue weighted by Gasteiger charge is -2.19. The number of hydrogen-bond donors (Lipinski definition) is 1. The molecular formula is C24H29N3O4S. The van der Waals surface area contributed by atoms with Crippen molar-refractivity contribution in [1.29, 1.82) is 0 Å². The van der Waals surface area contributed by atoms with Gasteiger partial charge >= 0.3 is 0 Å². The minimum Gasteiger partial charge on any atom is -0.343 e. The first-order valence-electron chi connectivity index (χ1n) is 11.1. The Hall–Kier alpha value is -2.71. The summed E-state index contributed by atoms with van der Waals surface area (Å²) in [5.41, 5.74) is 3.53. The molecule has 0 saturated carbocycles. The number of carbonyl (C=O) groups is 2. The molecular weight excluding hydrogens is 426 g/mol. The predicted octanol–water partition coefficient (Wildman–Crippen LogP) is 2.77. The van der Waals surface area contributed by atoms with Gasteiger partial charge in [-0.2, -0.15) is 0 Å². The fourth-order valence-corrected chi connectivity index (χ4v) is 5.40. The van der Waals surface area contributed by atoms with Crippen molar-refractivity contribution in [3.8, 4) is 0 Å². The SMILES string of the molecule is Cc1ccccc1CNS(=O)(=O)c1ccc2c(c1)CCN2C(=O)CCC(=O)N1CCCC1. The van der Waals surface area contributed by atoms with Gasteiger partial charge in [0.25, 0.3) is 0 Å². The standard InChI is InChI=1S/C24H29N3O4S/c1-18-6-2-3-7-20(18)17-25-32(30,31)21-8-9-22-19(16-21)12-15-27(22)24(29)11-10-23(28)26-13-4-5-14-26/h2-3,6-9,16,25H,4-5,10-15,17H2,1H3. The van der Waals surface area contributed by atoms with Gasteiger partial charge in [0.1, 0.15) is 0 Å². The number of aryl methyl sites for hydroxylation is 1. The van der Waals surface area contributed by atoms with Crippen molar-refractivity contribution in [2.45, 2.75) is 50.5 Å². The summed E-state index contributed by atoms with van der Waals surface area (Å²) in [6.07, 6.45) is 3.06. The molecule has 0 bridgehead atoms. The van der Waals surface area contributed by atoms with Crippen molar-refractivity contribution in [3.05, 3.63) is 59.2 Å². The number of nitrogens with zero attached hydrogens (tertiary/aromatic N) is 2.